The van der Waals surface area contributed by atoms with Gasteiger partial charge in [-0.05, 0) is 34.2 Å². The standard InChI is InChI=1S/C11H23NO2/c1-8(2)14-9(3)11-10(13-5)6-7-12(11)4/h8-11H,6-7H2,1-5H3/t9-,10+,11+/m0/s1. The van der Waals surface area contributed by atoms with Crippen LogP contribution in [0.3, 0.4) is 0 Å². The molecule has 0 unspecified atom stereocenters. The van der Waals surface area contributed by atoms with Gasteiger partial charge >= 0.3 is 0 Å². The molecule has 1 rings (SSSR count). The van der Waals surface area contributed by atoms with Crippen LogP contribution in [0.25, 0.3) is 0 Å². The second kappa shape index (κ2) is 5.10. The van der Waals surface area contributed by atoms with Crippen LogP contribution in [0, 0.1) is 0 Å². The van der Waals surface area contributed by atoms with Crippen LogP contribution in [0.5, 0.6) is 0 Å². The summed E-state index contributed by atoms with van der Waals surface area (Å²) in [5.74, 6) is 0. The van der Waals surface area contributed by atoms with E-state index < -0.39 is 0 Å². The van der Waals surface area contributed by atoms with E-state index in [0.29, 0.717) is 12.1 Å². The molecule has 0 spiro atoms. The average molecular weight is 201 g/mol. The molecule has 0 saturated carbocycles. The fraction of sp³-hybridized carbons (Fsp3) is 1.00. The van der Waals surface area contributed by atoms with Crippen LogP contribution in [0.4, 0.5) is 0 Å². The van der Waals surface area contributed by atoms with Crippen LogP contribution in [0.2, 0.25) is 0 Å². The molecule has 3 nitrogen and oxygen atoms in total. The van der Waals surface area contributed by atoms with E-state index in [0.717, 1.165) is 13.0 Å². The van der Waals surface area contributed by atoms with Crippen molar-refractivity contribution in [2.45, 2.75) is 51.5 Å². The van der Waals surface area contributed by atoms with Crippen molar-refractivity contribution in [3.63, 3.8) is 0 Å². The van der Waals surface area contributed by atoms with Gasteiger partial charge in [0.2, 0.25) is 0 Å². The zero-order chi connectivity index (χ0) is 10.7. The maximum Gasteiger partial charge on any atom is 0.0763 e. The third-order valence-corrected chi connectivity index (χ3v) is 2.93. The van der Waals surface area contributed by atoms with Crippen molar-refractivity contribution in [3.05, 3.63) is 0 Å². The summed E-state index contributed by atoms with van der Waals surface area (Å²) in [6, 6.07) is 0.405. The molecule has 0 aromatic rings. The van der Waals surface area contributed by atoms with E-state index in [1.807, 2.05) is 0 Å². The summed E-state index contributed by atoms with van der Waals surface area (Å²) in [6.07, 6.45) is 1.97. The van der Waals surface area contributed by atoms with Gasteiger partial charge in [-0.15, -0.1) is 0 Å². The van der Waals surface area contributed by atoms with Gasteiger partial charge in [-0.1, -0.05) is 0 Å². The van der Waals surface area contributed by atoms with E-state index in [9.17, 15) is 0 Å². The number of hydrogen-bond donors (Lipinski definition) is 0. The van der Waals surface area contributed by atoms with Gasteiger partial charge in [0.05, 0.1) is 24.4 Å². The molecular formula is C11H23NO2. The fourth-order valence-corrected chi connectivity index (χ4v) is 2.36. The lowest BCUT2D eigenvalue weighted by Crippen LogP contribution is -2.44. The lowest BCUT2D eigenvalue weighted by atomic mass is 10.1. The smallest absolute Gasteiger partial charge is 0.0763 e. The van der Waals surface area contributed by atoms with Crippen molar-refractivity contribution >= 4 is 0 Å². The number of hydrogen-bond acceptors (Lipinski definition) is 3. The highest BCUT2D eigenvalue weighted by Crippen LogP contribution is 2.23. The van der Waals surface area contributed by atoms with E-state index >= 15 is 0 Å². The number of likely N-dealkylation sites (tertiary alicyclic amines) is 1. The van der Waals surface area contributed by atoms with Crippen LogP contribution >= 0.6 is 0 Å². The Bertz CT molecular complexity index is 173. The van der Waals surface area contributed by atoms with E-state index in [-0.39, 0.29) is 12.2 Å². The Morgan fingerprint density at radius 3 is 2.43 bits per heavy atom. The molecule has 0 aliphatic carbocycles. The summed E-state index contributed by atoms with van der Waals surface area (Å²) in [5, 5.41) is 0. The first kappa shape index (κ1) is 12.0. The molecule has 0 bridgehead atoms. The molecule has 0 radical (unpaired) electrons. The highest BCUT2D eigenvalue weighted by molar-refractivity contribution is 4.90. The maximum absolute atomic E-state index is 5.81. The average Bonchev–Trinajstić information content (AvgIpc) is 2.45. The highest BCUT2D eigenvalue weighted by Gasteiger charge is 2.36. The molecule has 1 aliphatic rings. The second-order valence-corrected chi connectivity index (χ2v) is 4.42. The maximum atomic E-state index is 5.81. The number of ether oxygens (including phenoxy) is 2. The number of likely N-dealkylation sites (N-methyl/N-ethyl adjacent to an activating group) is 1. The zero-order valence-corrected chi connectivity index (χ0v) is 9.99. The van der Waals surface area contributed by atoms with Crippen LogP contribution in [0.15, 0.2) is 0 Å². The molecule has 0 amide bonds. The van der Waals surface area contributed by atoms with Crippen molar-refractivity contribution in [1.29, 1.82) is 0 Å². The summed E-state index contributed by atoms with van der Waals surface area (Å²) in [6.45, 7) is 7.40. The van der Waals surface area contributed by atoms with E-state index in [1.54, 1.807) is 7.11 Å². The van der Waals surface area contributed by atoms with E-state index in [2.05, 4.69) is 32.7 Å². The minimum atomic E-state index is 0.243. The number of methoxy groups -OCH3 is 1. The van der Waals surface area contributed by atoms with Gasteiger partial charge in [-0.3, -0.25) is 4.90 Å². The van der Waals surface area contributed by atoms with E-state index in [4.69, 9.17) is 9.47 Å². The van der Waals surface area contributed by atoms with Gasteiger partial charge in [0, 0.05) is 13.7 Å². The third kappa shape index (κ3) is 2.69. The van der Waals surface area contributed by atoms with Crippen LogP contribution < -0.4 is 0 Å². The number of nitrogens with zero attached hydrogens (tertiary/aromatic N) is 1. The summed E-state index contributed by atoms with van der Waals surface area (Å²) in [7, 11) is 3.93. The Morgan fingerprint density at radius 1 is 1.29 bits per heavy atom. The highest BCUT2D eigenvalue weighted by atomic mass is 16.5. The molecule has 1 aliphatic heterocycles. The molecule has 1 fully saturated rings. The normalized spacial score (nSPS) is 31.3. The third-order valence-electron chi connectivity index (χ3n) is 2.93. The van der Waals surface area contributed by atoms with Crippen LogP contribution in [-0.4, -0.2) is 50.0 Å². The summed E-state index contributed by atoms with van der Waals surface area (Å²) < 4.78 is 11.3. The first-order valence-corrected chi connectivity index (χ1v) is 5.44. The molecule has 0 aromatic heterocycles. The minimum Gasteiger partial charge on any atom is -0.380 e. The van der Waals surface area contributed by atoms with Gasteiger partial charge in [0.25, 0.3) is 0 Å². The van der Waals surface area contributed by atoms with Crippen molar-refractivity contribution in [1.82, 2.24) is 4.90 Å². The largest absolute Gasteiger partial charge is 0.380 e. The first-order chi connectivity index (χ1) is 6.56. The Kier molecular flexibility index (Phi) is 4.35. The monoisotopic (exact) mass is 201 g/mol. The molecule has 3 heteroatoms. The molecule has 1 saturated heterocycles. The van der Waals surface area contributed by atoms with E-state index in [1.165, 1.54) is 0 Å². The van der Waals surface area contributed by atoms with Gasteiger partial charge < -0.3 is 9.47 Å². The van der Waals surface area contributed by atoms with Crippen molar-refractivity contribution in [2.75, 3.05) is 20.7 Å². The lowest BCUT2D eigenvalue weighted by molar-refractivity contribution is -0.0548. The molecule has 14 heavy (non-hydrogen) atoms. The Labute approximate surface area is 87.4 Å². The number of rotatable bonds is 4. The molecule has 3 atom stereocenters. The SMILES string of the molecule is CO[C@@H]1CCN(C)[C@@H]1[C@H](C)OC(C)C. The molecular weight excluding hydrogens is 178 g/mol. The van der Waals surface area contributed by atoms with Gasteiger partial charge in [-0.25, -0.2) is 0 Å². The quantitative estimate of drug-likeness (QED) is 0.688. The zero-order valence-electron chi connectivity index (χ0n) is 9.99. The predicted octanol–water partition coefficient (Wildman–Crippen LogP) is 1.52. The summed E-state index contributed by atoms with van der Waals surface area (Å²) >= 11 is 0. The second-order valence-electron chi connectivity index (χ2n) is 4.42. The minimum absolute atomic E-state index is 0.243. The van der Waals surface area contributed by atoms with Crippen molar-refractivity contribution in [3.8, 4) is 0 Å². The molecule has 1 heterocycles. The first-order valence-electron chi connectivity index (χ1n) is 5.44. The van der Waals surface area contributed by atoms with Gasteiger partial charge in [0.15, 0.2) is 0 Å². The Hall–Kier alpha value is -0.120. The predicted molar refractivity (Wildman–Crippen MR) is 57.5 cm³/mol. The van der Waals surface area contributed by atoms with Crippen LogP contribution in [0.1, 0.15) is 27.2 Å². The lowest BCUT2D eigenvalue weighted by Gasteiger charge is -2.31. The Balaban J connectivity index is 2.54. The van der Waals surface area contributed by atoms with Crippen LogP contribution in [-0.2, 0) is 9.47 Å². The van der Waals surface area contributed by atoms with Gasteiger partial charge in [-0.2, -0.15) is 0 Å². The molecule has 84 valence electrons. The fourth-order valence-electron chi connectivity index (χ4n) is 2.36. The van der Waals surface area contributed by atoms with Crippen molar-refractivity contribution < 1.29 is 9.47 Å². The van der Waals surface area contributed by atoms with Crippen molar-refractivity contribution in [2.24, 2.45) is 0 Å². The summed E-state index contributed by atoms with van der Waals surface area (Å²) in [4.78, 5) is 2.33. The molecule has 0 aromatic carbocycles. The topological polar surface area (TPSA) is 21.7 Å². The molecule has 0 N–H and O–H groups in total. The Morgan fingerprint density at radius 2 is 1.93 bits per heavy atom. The summed E-state index contributed by atoms with van der Waals surface area (Å²) in [5.41, 5.74) is 0. The van der Waals surface area contributed by atoms with Gasteiger partial charge in [0.1, 0.15) is 0 Å².